The first kappa shape index (κ1) is 16.6. The third kappa shape index (κ3) is 3.63. The van der Waals surface area contributed by atoms with Crippen LogP contribution in [0.2, 0.25) is 0 Å². The van der Waals surface area contributed by atoms with Crippen LogP contribution < -0.4 is 9.47 Å². The number of hydrogen-bond acceptors (Lipinski definition) is 5. The Balaban J connectivity index is 1.77. The SMILES string of the molecule is CC(=O)c1c(C)nn(C)c1Oc1ccc(Oc2ccc(O)cc2)cc1. The van der Waals surface area contributed by atoms with Crippen molar-refractivity contribution in [3.63, 3.8) is 0 Å². The number of aromatic nitrogens is 2. The van der Waals surface area contributed by atoms with Crippen molar-refractivity contribution in [2.24, 2.45) is 7.05 Å². The zero-order valence-electron chi connectivity index (χ0n) is 14.2. The number of carbonyl (C=O) groups is 1. The molecule has 1 heterocycles. The Bertz CT molecular complexity index is 896. The molecule has 0 bridgehead atoms. The summed E-state index contributed by atoms with van der Waals surface area (Å²) in [5.41, 5.74) is 1.12. The van der Waals surface area contributed by atoms with Gasteiger partial charge in [0.05, 0.1) is 5.69 Å². The second kappa shape index (κ2) is 6.68. The molecule has 3 aromatic rings. The van der Waals surface area contributed by atoms with Crippen molar-refractivity contribution in [1.29, 1.82) is 0 Å². The lowest BCUT2D eigenvalue weighted by molar-refractivity contribution is 0.101. The molecule has 0 aliphatic rings. The number of aryl methyl sites for hydroxylation is 2. The number of ether oxygens (including phenoxy) is 2. The van der Waals surface area contributed by atoms with E-state index in [2.05, 4.69) is 5.10 Å². The molecule has 0 atom stereocenters. The summed E-state index contributed by atoms with van der Waals surface area (Å²) in [7, 11) is 1.73. The summed E-state index contributed by atoms with van der Waals surface area (Å²) in [6.45, 7) is 3.27. The van der Waals surface area contributed by atoms with Gasteiger partial charge in [-0.25, -0.2) is 4.68 Å². The number of rotatable bonds is 5. The Labute approximate surface area is 145 Å². The zero-order valence-corrected chi connectivity index (χ0v) is 14.2. The Hall–Kier alpha value is -3.28. The van der Waals surface area contributed by atoms with Gasteiger partial charge in [0, 0.05) is 7.05 Å². The van der Waals surface area contributed by atoms with Crippen molar-refractivity contribution >= 4 is 5.78 Å². The van der Waals surface area contributed by atoms with Gasteiger partial charge in [-0.3, -0.25) is 4.79 Å². The van der Waals surface area contributed by atoms with Gasteiger partial charge in [0.15, 0.2) is 5.78 Å². The smallest absolute Gasteiger partial charge is 0.228 e. The topological polar surface area (TPSA) is 73.6 Å². The molecular weight excluding hydrogens is 320 g/mol. The third-order valence-electron chi connectivity index (χ3n) is 3.63. The Morgan fingerprint density at radius 3 is 1.96 bits per heavy atom. The van der Waals surface area contributed by atoms with Crippen molar-refractivity contribution in [3.8, 4) is 28.9 Å². The van der Waals surface area contributed by atoms with E-state index in [1.165, 1.54) is 6.92 Å². The van der Waals surface area contributed by atoms with Crippen LogP contribution >= 0.6 is 0 Å². The maximum Gasteiger partial charge on any atom is 0.228 e. The fourth-order valence-electron chi connectivity index (χ4n) is 2.50. The minimum Gasteiger partial charge on any atom is -0.508 e. The van der Waals surface area contributed by atoms with E-state index in [4.69, 9.17) is 9.47 Å². The number of benzene rings is 2. The van der Waals surface area contributed by atoms with Gasteiger partial charge in [-0.05, 0) is 62.4 Å². The first-order valence-corrected chi connectivity index (χ1v) is 7.73. The largest absolute Gasteiger partial charge is 0.508 e. The van der Waals surface area contributed by atoms with E-state index in [0.717, 1.165) is 0 Å². The average Bonchev–Trinajstić information content (AvgIpc) is 2.85. The molecule has 3 rings (SSSR count). The third-order valence-corrected chi connectivity index (χ3v) is 3.63. The molecule has 1 N–H and O–H groups in total. The lowest BCUT2D eigenvalue weighted by Gasteiger charge is -2.09. The molecule has 0 saturated carbocycles. The standard InChI is InChI=1S/C19H18N2O4/c1-12-18(13(2)22)19(21(3)20-12)25-17-10-8-16(9-11-17)24-15-6-4-14(23)5-7-15/h4-11,23H,1-3H3. The van der Waals surface area contributed by atoms with Crippen LogP contribution in [0.15, 0.2) is 48.5 Å². The number of Topliss-reactive ketones (excluding diaryl/α,β-unsaturated/α-hetero) is 1. The summed E-state index contributed by atoms with van der Waals surface area (Å²) < 4.78 is 13.1. The number of aromatic hydroxyl groups is 1. The van der Waals surface area contributed by atoms with Crippen molar-refractivity contribution in [3.05, 3.63) is 59.8 Å². The van der Waals surface area contributed by atoms with Gasteiger partial charge in [-0.15, -0.1) is 0 Å². The van der Waals surface area contributed by atoms with E-state index in [9.17, 15) is 9.90 Å². The quantitative estimate of drug-likeness (QED) is 0.705. The Morgan fingerprint density at radius 1 is 0.960 bits per heavy atom. The lowest BCUT2D eigenvalue weighted by Crippen LogP contribution is -1.99. The maximum atomic E-state index is 11.8. The van der Waals surface area contributed by atoms with Gasteiger partial charge in [0.25, 0.3) is 0 Å². The summed E-state index contributed by atoms with van der Waals surface area (Å²) in [6.07, 6.45) is 0. The minimum atomic E-state index is -0.0899. The molecule has 0 radical (unpaired) electrons. The first-order valence-electron chi connectivity index (χ1n) is 7.73. The average molecular weight is 338 g/mol. The number of hydrogen-bond donors (Lipinski definition) is 1. The number of nitrogens with zero attached hydrogens (tertiary/aromatic N) is 2. The van der Waals surface area contributed by atoms with Crippen LogP contribution in [0.1, 0.15) is 23.0 Å². The Kier molecular flexibility index (Phi) is 4.43. The summed E-state index contributed by atoms with van der Waals surface area (Å²) in [4.78, 5) is 11.8. The summed E-state index contributed by atoms with van der Waals surface area (Å²) in [5, 5.41) is 13.5. The molecule has 6 nitrogen and oxygen atoms in total. The second-order valence-electron chi connectivity index (χ2n) is 5.61. The first-order chi connectivity index (χ1) is 11.9. The number of phenols is 1. The predicted molar refractivity (Wildman–Crippen MR) is 92.6 cm³/mol. The highest BCUT2D eigenvalue weighted by molar-refractivity contribution is 5.97. The molecule has 25 heavy (non-hydrogen) atoms. The molecule has 0 fully saturated rings. The summed E-state index contributed by atoms with van der Waals surface area (Å²) in [6, 6.07) is 13.5. The molecule has 1 aromatic heterocycles. The van der Waals surface area contributed by atoms with Crippen molar-refractivity contribution in [1.82, 2.24) is 9.78 Å². The summed E-state index contributed by atoms with van der Waals surface area (Å²) >= 11 is 0. The number of phenolic OH excluding ortho intramolecular Hbond substituents is 1. The van der Waals surface area contributed by atoms with Gasteiger partial charge in [-0.2, -0.15) is 5.10 Å². The molecule has 0 unspecified atom stereocenters. The molecule has 0 saturated heterocycles. The molecule has 2 aromatic carbocycles. The van der Waals surface area contributed by atoms with Gasteiger partial charge in [0.2, 0.25) is 5.88 Å². The van der Waals surface area contributed by atoms with E-state index >= 15 is 0 Å². The highest BCUT2D eigenvalue weighted by Crippen LogP contribution is 2.30. The van der Waals surface area contributed by atoms with Crippen molar-refractivity contribution in [2.75, 3.05) is 0 Å². The van der Waals surface area contributed by atoms with E-state index < -0.39 is 0 Å². The second-order valence-corrected chi connectivity index (χ2v) is 5.61. The monoisotopic (exact) mass is 338 g/mol. The van der Waals surface area contributed by atoms with Crippen LogP contribution in [-0.2, 0) is 7.05 Å². The normalized spacial score (nSPS) is 10.5. The van der Waals surface area contributed by atoms with Crippen LogP contribution in [0, 0.1) is 6.92 Å². The highest BCUT2D eigenvalue weighted by atomic mass is 16.5. The fourth-order valence-corrected chi connectivity index (χ4v) is 2.50. The van der Waals surface area contributed by atoms with Gasteiger partial charge < -0.3 is 14.6 Å². The Morgan fingerprint density at radius 2 is 1.44 bits per heavy atom. The molecule has 6 heteroatoms. The van der Waals surface area contributed by atoms with Gasteiger partial charge >= 0.3 is 0 Å². The van der Waals surface area contributed by atoms with E-state index in [-0.39, 0.29) is 11.5 Å². The number of carbonyl (C=O) groups excluding carboxylic acids is 1. The zero-order chi connectivity index (χ0) is 18.0. The van der Waals surface area contributed by atoms with Crippen molar-refractivity contribution < 1.29 is 19.4 Å². The van der Waals surface area contributed by atoms with Crippen LogP contribution in [-0.4, -0.2) is 20.7 Å². The lowest BCUT2D eigenvalue weighted by atomic mass is 10.2. The van der Waals surface area contributed by atoms with Crippen LogP contribution in [0.25, 0.3) is 0 Å². The van der Waals surface area contributed by atoms with E-state index in [1.54, 1.807) is 67.2 Å². The van der Waals surface area contributed by atoms with E-state index in [1.807, 2.05) is 0 Å². The maximum absolute atomic E-state index is 11.8. The molecule has 0 aliphatic heterocycles. The summed E-state index contributed by atoms with van der Waals surface area (Å²) in [5.74, 6) is 2.33. The van der Waals surface area contributed by atoms with Crippen molar-refractivity contribution in [2.45, 2.75) is 13.8 Å². The highest BCUT2D eigenvalue weighted by Gasteiger charge is 2.19. The molecule has 128 valence electrons. The number of ketones is 1. The fraction of sp³-hybridized carbons (Fsp3) is 0.158. The predicted octanol–water partition coefficient (Wildman–Crippen LogP) is 4.22. The van der Waals surface area contributed by atoms with Gasteiger partial charge in [0.1, 0.15) is 28.6 Å². The van der Waals surface area contributed by atoms with Crippen LogP contribution in [0.5, 0.6) is 28.9 Å². The molecule has 0 aliphatic carbocycles. The molecule has 0 amide bonds. The van der Waals surface area contributed by atoms with Crippen LogP contribution in [0.3, 0.4) is 0 Å². The van der Waals surface area contributed by atoms with E-state index in [0.29, 0.717) is 34.4 Å². The minimum absolute atomic E-state index is 0.0899. The molecule has 0 spiro atoms. The van der Waals surface area contributed by atoms with Crippen LogP contribution in [0.4, 0.5) is 0 Å². The molecular formula is C19H18N2O4. The van der Waals surface area contributed by atoms with Gasteiger partial charge in [-0.1, -0.05) is 0 Å².